The number of hydrogen-bond acceptors (Lipinski definition) is 3. The van der Waals surface area contributed by atoms with E-state index in [-0.39, 0.29) is 42.4 Å². The van der Waals surface area contributed by atoms with E-state index in [2.05, 4.69) is 22.5 Å². The molecule has 1 aromatic rings. The molecule has 1 fully saturated rings. The molecule has 0 saturated carbocycles. The highest BCUT2D eigenvalue weighted by molar-refractivity contribution is 14.0. The van der Waals surface area contributed by atoms with Crippen LogP contribution in [0.3, 0.4) is 0 Å². The average molecular weight is 502 g/mol. The molecular formula is C21H35IN4O2. The molecule has 2 rings (SSSR count). The van der Waals surface area contributed by atoms with Gasteiger partial charge in [0.05, 0.1) is 13.2 Å². The second-order valence-corrected chi connectivity index (χ2v) is 7.12. The van der Waals surface area contributed by atoms with Gasteiger partial charge in [-0.3, -0.25) is 9.79 Å². The summed E-state index contributed by atoms with van der Waals surface area (Å²) >= 11 is 0. The van der Waals surface area contributed by atoms with Crippen molar-refractivity contribution in [1.29, 1.82) is 0 Å². The number of benzene rings is 1. The Balaban J connectivity index is 0.00000392. The molecule has 28 heavy (non-hydrogen) atoms. The van der Waals surface area contributed by atoms with Crippen molar-refractivity contribution in [2.75, 3.05) is 32.8 Å². The number of nitrogens with zero attached hydrogens (tertiary/aromatic N) is 2. The van der Waals surface area contributed by atoms with E-state index in [1.54, 1.807) is 0 Å². The first kappa shape index (κ1) is 24.7. The summed E-state index contributed by atoms with van der Waals surface area (Å²) in [5, 5.41) is 16.1. The third-order valence-corrected chi connectivity index (χ3v) is 5.06. The Morgan fingerprint density at radius 2 is 2.04 bits per heavy atom. The van der Waals surface area contributed by atoms with Gasteiger partial charge < -0.3 is 20.6 Å². The van der Waals surface area contributed by atoms with Crippen molar-refractivity contribution < 1.29 is 9.90 Å². The van der Waals surface area contributed by atoms with Gasteiger partial charge in [0.25, 0.3) is 0 Å². The lowest BCUT2D eigenvalue weighted by Crippen LogP contribution is -2.44. The van der Waals surface area contributed by atoms with Crippen LogP contribution in [0.5, 0.6) is 0 Å². The van der Waals surface area contributed by atoms with Gasteiger partial charge in [0.1, 0.15) is 0 Å². The second kappa shape index (κ2) is 13.8. The predicted molar refractivity (Wildman–Crippen MR) is 125 cm³/mol. The van der Waals surface area contributed by atoms with Crippen LogP contribution < -0.4 is 10.6 Å². The molecule has 158 valence electrons. The summed E-state index contributed by atoms with van der Waals surface area (Å²) in [6.07, 6.45) is 3.89. The van der Waals surface area contributed by atoms with Crippen LogP contribution >= 0.6 is 24.0 Å². The van der Waals surface area contributed by atoms with Crippen molar-refractivity contribution in [3.05, 3.63) is 35.9 Å². The first-order chi connectivity index (χ1) is 13.2. The van der Waals surface area contributed by atoms with Gasteiger partial charge in [-0.1, -0.05) is 30.3 Å². The number of likely N-dealkylation sites (tertiary alicyclic amines) is 1. The summed E-state index contributed by atoms with van der Waals surface area (Å²) in [7, 11) is 0. The molecule has 6 nitrogen and oxygen atoms in total. The monoisotopic (exact) mass is 502 g/mol. The summed E-state index contributed by atoms with van der Waals surface area (Å²) in [6.45, 7) is 6.88. The van der Waals surface area contributed by atoms with Crippen LogP contribution in [0.1, 0.15) is 51.0 Å². The maximum Gasteiger partial charge on any atom is 0.224 e. The fourth-order valence-corrected chi connectivity index (χ4v) is 3.44. The van der Waals surface area contributed by atoms with Crippen LogP contribution in [0.15, 0.2) is 35.3 Å². The number of hydrogen-bond donors (Lipinski definition) is 3. The minimum absolute atomic E-state index is 0. The number of halogens is 1. The number of piperidine rings is 1. The zero-order valence-electron chi connectivity index (χ0n) is 17.1. The molecule has 1 aliphatic heterocycles. The number of nitrogens with one attached hydrogen (secondary N) is 2. The Morgan fingerprint density at radius 1 is 1.29 bits per heavy atom. The predicted octanol–water partition coefficient (Wildman–Crippen LogP) is 2.73. The molecule has 0 radical (unpaired) electrons. The molecule has 1 saturated heterocycles. The summed E-state index contributed by atoms with van der Waals surface area (Å²) < 4.78 is 0. The number of carbonyl (C=O) groups is 1. The summed E-state index contributed by atoms with van der Waals surface area (Å²) in [4.78, 5) is 19.0. The van der Waals surface area contributed by atoms with Crippen LogP contribution in [0.4, 0.5) is 0 Å². The highest BCUT2D eigenvalue weighted by Crippen LogP contribution is 2.17. The Hall–Kier alpha value is -1.35. The number of guanidine groups is 1. The standard InChI is InChI=1S/C21H34N4O2.HI/c1-3-22-21(24-15-19(16-26)18-10-5-4-6-11-18)23-13-12-20(27)25-14-8-7-9-17(25)2;/h4-6,10-11,17,19,26H,3,7-9,12-16H2,1-2H3,(H2,22,23,24);1H. The molecule has 3 N–H and O–H groups in total. The molecule has 7 heteroatoms. The Morgan fingerprint density at radius 3 is 2.68 bits per heavy atom. The van der Waals surface area contributed by atoms with E-state index in [1.165, 1.54) is 6.42 Å². The van der Waals surface area contributed by atoms with Crippen molar-refractivity contribution in [2.45, 2.75) is 51.5 Å². The lowest BCUT2D eigenvalue weighted by molar-refractivity contribution is -0.134. The summed E-state index contributed by atoms with van der Waals surface area (Å²) in [6, 6.07) is 10.3. The quantitative estimate of drug-likeness (QED) is 0.290. The van der Waals surface area contributed by atoms with Crippen molar-refractivity contribution in [3.63, 3.8) is 0 Å². The van der Waals surface area contributed by atoms with Crippen molar-refractivity contribution in [3.8, 4) is 0 Å². The largest absolute Gasteiger partial charge is 0.396 e. The van der Waals surface area contributed by atoms with Gasteiger partial charge >= 0.3 is 0 Å². The number of aliphatic imine (C=N–C) groups is 1. The molecule has 1 heterocycles. The maximum atomic E-state index is 12.4. The van der Waals surface area contributed by atoms with Gasteiger partial charge in [0.15, 0.2) is 5.96 Å². The first-order valence-corrected chi connectivity index (χ1v) is 10.1. The van der Waals surface area contributed by atoms with Crippen molar-refractivity contribution >= 4 is 35.8 Å². The van der Waals surface area contributed by atoms with Gasteiger partial charge in [0, 0.05) is 38.0 Å². The maximum absolute atomic E-state index is 12.4. The molecule has 2 atom stereocenters. The van der Waals surface area contributed by atoms with Crippen molar-refractivity contribution in [1.82, 2.24) is 15.5 Å². The molecule has 1 amide bonds. The van der Waals surface area contributed by atoms with E-state index in [0.717, 1.165) is 31.5 Å². The summed E-state index contributed by atoms with van der Waals surface area (Å²) in [5.41, 5.74) is 1.08. The minimum Gasteiger partial charge on any atom is -0.396 e. The minimum atomic E-state index is -0.0301. The highest BCUT2D eigenvalue weighted by atomic mass is 127. The molecule has 2 unspecified atom stereocenters. The van der Waals surface area contributed by atoms with E-state index >= 15 is 0 Å². The van der Waals surface area contributed by atoms with E-state index in [9.17, 15) is 9.90 Å². The Bertz CT molecular complexity index is 597. The Labute approximate surface area is 186 Å². The van der Waals surface area contributed by atoms with Gasteiger partial charge in [-0.05, 0) is 38.7 Å². The van der Waals surface area contributed by atoms with Gasteiger partial charge in [-0.25, -0.2) is 0 Å². The molecular weight excluding hydrogens is 467 g/mol. The van der Waals surface area contributed by atoms with E-state index in [4.69, 9.17) is 0 Å². The zero-order chi connectivity index (χ0) is 19.5. The van der Waals surface area contributed by atoms with E-state index in [1.807, 2.05) is 42.2 Å². The van der Waals surface area contributed by atoms with E-state index < -0.39 is 0 Å². The summed E-state index contributed by atoms with van der Waals surface area (Å²) in [5.74, 6) is 0.868. The lowest BCUT2D eigenvalue weighted by Gasteiger charge is -2.33. The third kappa shape index (κ3) is 7.95. The molecule has 0 aliphatic carbocycles. The van der Waals surface area contributed by atoms with Gasteiger partial charge in [-0.2, -0.15) is 0 Å². The van der Waals surface area contributed by atoms with Crippen LogP contribution in [-0.2, 0) is 4.79 Å². The third-order valence-electron chi connectivity index (χ3n) is 5.06. The highest BCUT2D eigenvalue weighted by Gasteiger charge is 2.22. The van der Waals surface area contributed by atoms with Crippen LogP contribution in [0, 0.1) is 0 Å². The molecule has 1 aliphatic rings. The van der Waals surface area contributed by atoms with Crippen LogP contribution in [0.2, 0.25) is 0 Å². The number of aliphatic hydroxyl groups excluding tert-OH is 1. The fourth-order valence-electron chi connectivity index (χ4n) is 3.44. The first-order valence-electron chi connectivity index (χ1n) is 10.1. The number of carbonyl (C=O) groups excluding carboxylic acids is 1. The van der Waals surface area contributed by atoms with Crippen LogP contribution in [0.25, 0.3) is 0 Å². The molecule has 0 spiro atoms. The average Bonchev–Trinajstić information content (AvgIpc) is 2.69. The van der Waals surface area contributed by atoms with Crippen LogP contribution in [-0.4, -0.2) is 60.7 Å². The number of amides is 1. The molecule has 0 bridgehead atoms. The van der Waals surface area contributed by atoms with E-state index in [0.29, 0.717) is 31.5 Å². The van der Waals surface area contributed by atoms with Crippen molar-refractivity contribution in [2.24, 2.45) is 4.99 Å². The Kier molecular flexibility index (Phi) is 12.1. The molecule has 0 aromatic heterocycles. The normalized spacial score (nSPS) is 18.2. The topological polar surface area (TPSA) is 77.0 Å². The SMILES string of the molecule is CCNC(=NCC(CO)c1ccccc1)NCCC(=O)N1CCCCC1C.I. The smallest absolute Gasteiger partial charge is 0.224 e. The number of aliphatic hydroxyl groups is 1. The van der Waals surface area contributed by atoms with Gasteiger partial charge in [-0.15, -0.1) is 24.0 Å². The molecule has 1 aromatic carbocycles. The fraction of sp³-hybridized carbons (Fsp3) is 0.619. The second-order valence-electron chi connectivity index (χ2n) is 7.12. The zero-order valence-corrected chi connectivity index (χ0v) is 19.4. The van der Waals surface area contributed by atoms with Gasteiger partial charge in [0.2, 0.25) is 5.91 Å². The number of rotatable bonds is 8. The lowest BCUT2D eigenvalue weighted by atomic mass is 10.0.